The lowest BCUT2D eigenvalue weighted by Gasteiger charge is -2.31. The van der Waals surface area contributed by atoms with E-state index in [2.05, 4.69) is 10.3 Å². The monoisotopic (exact) mass is 345 g/mol. The first kappa shape index (κ1) is 17.3. The van der Waals surface area contributed by atoms with E-state index in [1.165, 1.54) is 12.1 Å². The zero-order valence-corrected chi connectivity index (χ0v) is 13.7. The van der Waals surface area contributed by atoms with Crippen LogP contribution in [0, 0.1) is 5.82 Å². The Morgan fingerprint density at radius 3 is 2.80 bits per heavy atom. The van der Waals surface area contributed by atoms with Crippen molar-refractivity contribution in [1.29, 1.82) is 0 Å². The van der Waals surface area contributed by atoms with Crippen LogP contribution in [0.3, 0.4) is 0 Å². The molecule has 2 heterocycles. The third-order valence-electron chi connectivity index (χ3n) is 4.13. The number of carbonyl (C=O) groups is 1. The predicted octanol–water partition coefficient (Wildman–Crippen LogP) is 2.25. The van der Waals surface area contributed by atoms with Gasteiger partial charge in [-0.2, -0.15) is 0 Å². The zero-order valence-electron chi connectivity index (χ0n) is 13.7. The molecule has 3 N–H and O–H groups in total. The maximum Gasteiger partial charge on any atom is 0.244 e. The maximum atomic E-state index is 14.2. The van der Waals surface area contributed by atoms with Crippen LogP contribution in [0.15, 0.2) is 42.6 Å². The molecule has 1 amide bonds. The molecule has 0 bridgehead atoms. The van der Waals surface area contributed by atoms with E-state index in [-0.39, 0.29) is 18.3 Å². The summed E-state index contributed by atoms with van der Waals surface area (Å²) in [5.41, 5.74) is 6.16. The van der Waals surface area contributed by atoms with Crippen LogP contribution in [0.1, 0.15) is 18.5 Å². The van der Waals surface area contributed by atoms with Gasteiger partial charge in [-0.05, 0) is 37.1 Å². The summed E-state index contributed by atoms with van der Waals surface area (Å²) in [5.74, 6) is -0.804. The summed E-state index contributed by atoms with van der Waals surface area (Å²) in [4.78, 5) is 16.5. The number of carbonyl (C=O) groups excluding carboxylic acids is 1. The maximum absolute atomic E-state index is 14.2. The fourth-order valence-electron chi connectivity index (χ4n) is 2.55. The number of nitrogens with zero attached hydrogens (tertiary/aromatic N) is 1. The molecule has 0 spiro atoms. The van der Waals surface area contributed by atoms with Crippen LogP contribution in [0.25, 0.3) is 0 Å². The topological polar surface area (TPSA) is 86.5 Å². The van der Waals surface area contributed by atoms with Crippen LogP contribution >= 0.6 is 0 Å². The number of hydrogen-bond donors (Lipinski definition) is 2. The lowest BCUT2D eigenvalue weighted by molar-refractivity contribution is -0.124. The minimum atomic E-state index is -0.983. The number of amides is 1. The Hall–Kier alpha value is -2.51. The number of nitrogens with two attached hydrogens (primary N) is 1. The van der Waals surface area contributed by atoms with E-state index in [1.54, 1.807) is 24.4 Å². The summed E-state index contributed by atoms with van der Waals surface area (Å²) in [6, 6.07) is 9.69. The van der Waals surface area contributed by atoms with Gasteiger partial charge in [0.1, 0.15) is 12.1 Å². The number of benzene rings is 1. The van der Waals surface area contributed by atoms with Gasteiger partial charge in [0.25, 0.3) is 0 Å². The molecule has 0 atom stereocenters. The molecule has 6 nitrogen and oxygen atoms in total. The molecule has 0 saturated carbocycles. The average Bonchev–Trinajstić information content (AvgIpc) is 2.62. The Morgan fingerprint density at radius 1 is 1.32 bits per heavy atom. The molecule has 3 rings (SSSR count). The Labute approximate surface area is 145 Å². The summed E-state index contributed by atoms with van der Waals surface area (Å²) >= 11 is 0. The second kappa shape index (κ2) is 7.58. The first-order chi connectivity index (χ1) is 12.1. The molecule has 1 aromatic carbocycles. The van der Waals surface area contributed by atoms with Crippen LogP contribution in [0.5, 0.6) is 5.75 Å². The molecule has 1 saturated heterocycles. The van der Waals surface area contributed by atoms with Gasteiger partial charge in [-0.3, -0.25) is 9.78 Å². The van der Waals surface area contributed by atoms with Crippen LogP contribution in [-0.4, -0.2) is 29.6 Å². The number of hydrogen-bond acceptors (Lipinski definition) is 5. The van der Waals surface area contributed by atoms with E-state index in [0.29, 0.717) is 37.4 Å². The fourth-order valence-corrected chi connectivity index (χ4v) is 2.55. The van der Waals surface area contributed by atoms with Crippen LogP contribution in [0.2, 0.25) is 0 Å². The standard InChI is InChI=1S/C18H20FN3O3/c19-15-11-13(22-17(23)18(20)6-9-24-10-7-18)4-5-16(15)25-12-14-3-1-2-8-21-14/h1-5,8,11H,6-7,9-10,12,20H2,(H,22,23). The van der Waals surface area contributed by atoms with Crippen molar-refractivity contribution in [3.8, 4) is 5.75 Å². The number of anilines is 1. The van der Waals surface area contributed by atoms with E-state index in [9.17, 15) is 9.18 Å². The number of pyridine rings is 1. The molecule has 2 aromatic rings. The fraction of sp³-hybridized carbons (Fsp3) is 0.333. The van der Waals surface area contributed by atoms with E-state index < -0.39 is 11.4 Å². The van der Waals surface area contributed by atoms with Crippen molar-refractivity contribution in [1.82, 2.24) is 4.98 Å². The van der Waals surface area contributed by atoms with Gasteiger partial charge in [0.2, 0.25) is 5.91 Å². The Kier molecular flexibility index (Phi) is 5.25. The number of rotatable bonds is 5. The average molecular weight is 345 g/mol. The van der Waals surface area contributed by atoms with E-state index in [1.807, 2.05) is 6.07 Å². The predicted molar refractivity (Wildman–Crippen MR) is 90.6 cm³/mol. The van der Waals surface area contributed by atoms with Crippen LogP contribution in [-0.2, 0) is 16.1 Å². The third kappa shape index (κ3) is 4.32. The Balaban J connectivity index is 1.62. The SMILES string of the molecule is NC1(C(=O)Nc2ccc(OCc3ccccn3)c(F)c2)CCOCC1. The first-order valence-electron chi connectivity index (χ1n) is 8.07. The van der Waals surface area contributed by atoms with Crippen LogP contribution < -0.4 is 15.8 Å². The van der Waals surface area contributed by atoms with E-state index >= 15 is 0 Å². The minimum absolute atomic E-state index is 0.0946. The number of nitrogens with one attached hydrogen (secondary N) is 1. The largest absolute Gasteiger partial charge is 0.484 e. The lowest BCUT2D eigenvalue weighted by atomic mass is 9.90. The van der Waals surface area contributed by atoms with Crippen molar-refractivity contribution in [2.24, 2.45) is 5.73 Å². The molecule has 132 valence electrons. The number of halogens is 1. The highest BCUT2D eigenvalue weighted by molar-refractivity contribution is 5.98. The van der Waals surface area contributed by atoms with Gasteiger partial charge < -0.3 is 20.5 Å². The quantitative estimate of drug-likeness (QED) is 0.868. The van der Waals surface area contributed by atoms with Gasteiger partial charge in [-0.25, -0.2) is 4.39 Å². The highest BCUT2D eigenvalue weighted by atomic mass is 19.1. The third-order valence-corrected chi connectivity index (χ3v) is 4.13. The molecule has 1 fully saturated rings. The molecule has 0 unspecified atom stereocenters. The summed E-state index contributed by atoms with van der Waals surface area (Å²) < 4.78 is 24.8. The summed E-state index contributed by atoms with van der Waals surface area (Å²) in [7, 11) is 0. The van der Waals surface area contributed by atoms with Crippen molar-refractivity contribution < 1.29 is 18.7 Å². The highest BCUT2D eigenvalue weighted by Crippen LogP contribution is 2.24. The summed E-state index contributed by atoms with van der Waals surface area (Å²) in [6.45, 7) is 1.05. The second-order valence-corrected chi connectivity index (χ2v) is 5.98. The van der Waals surface area contributed by atoms with E-state index in [0.717, 1.165) is 0 Å². The van der Waals surface area contributed by atoms with Gasteiger partial charge in [0, 0.05) is 31.2 Å². The molecule has 7 heteroatoms. The number of aromatic nitrogens is 1. The van der Waals surface area contributed by atoms with Crippen molar-refractivity contribution in [2.45, 2.75) is 25.0 Å². The van der Waals surface area contributed by atoms with Crippen molar-refractivity contribution >= 4 is 11.6 Å². The molecular weight excluding hydrogens is 325 g/mol. The number of ether oxygens (including phenoxy) is 2. The minimum Gasteiger partial charge on any atom is -0.484 e. The van der Waals surface area contributed by atoms with Gasteiger partial charge in [0.05, 0.1) is 5.69 Å². The van der Waals surface area contributed by atoms with Crippen molar-refractivity contribution in [3.63, 3.8) is 0 Å². The first-order valence-corrected chi connectivity index (χ1v) is 8.07. The molecule has 1 aliphatic heterocycles. The molecule has 1 aromatic heterocycles. The second-order valence-electron chi connectivity index (χ2n) is 5.98. The van der Waals surface area contributed by atoms with Gasteiger partial charge >= 0.3 is 0 Å². The summed E-state index contributed by atoms with van der Waals surface area (Å²) in [5, 5.41) is 2.67. The van der Waals surface area contributed by atoms with Gasteiger partial charge in [0.15, 0.2) is 11.6 Å². The molecule has 25 heavy (non-hydrogen) atoms. The van der Waals surface area contributed by atoms with Crippen molar-refractivity contribution in [2.75, 3.05) is 18.5 Å². The molecule has 0 radical (unpaired) electrons. The Bertz CT molecular complexity index is 734. The Morgan fingerprint density at radius 2 is 2.12 bits per heavy atom. The lowest BCUT2D eigenvalue weighted by Crippen LogP contribution is -2.54. The highest BCUT2D eigenvalue weighted by Gasteiger charge is 2.35. The van der Waals surface area contributed by atoms with E-state index in [4.69, 9.17) is 15.2 Å². The van der Waals surface area contributed by atoms with Gasteiger partial charge in [-0.15, -0.1) is 0 Å². The summed E-state index contributed by atoms with van der Waals surface area (Å²) in [6.07, 6.45) is 2.52. The molecular formula is C18H20FN3O3. The molecule has 1 aliphatic rings. The van der Waals surface area contributed by atoms with Gasteiger partial charge in [-0.1, -0.05) is 6.07 Å². The van der Waals surface area contributed by atoms with Crippen LogP contribution in [0.4, 0.5) is 10.1 Å². The molecule has 0 aliphatic carbocycles. The normalized spacial score (nSPS) is 16.2. The van der Waals surface area contributed by atoms with Crippen molar-refractivity contribution in [3.05, 3.63) is 54.1 Å². The zero-order chi connectivity index (χ0) is 17.7. The smallest absolute Gasteiger partial charge is 0.244 e.